The van der Waals surface area contributed by atoms with Crippen LogP contribution < -0.4 is 4.90 Å². The van der Waals surface area contributed by atoms with Gasteiger partial charge >= 0.3 is 5.97 Å². The van der Waals surface area contributed by atoms with Gasteiger partial charge in [-0.1, -0.05) is 12.1 Å². The van der Waals surface area contributed by atoms with Crippen LogP contribution in [0.15, 0.2) is 29.2 Å². The van der Waals surface area contributed by atoms with Gasteiger partial charge in [0.15, 0.2) is 0 Å². The first-order chi connectivity index (χ1) is 7.68. The minimum absolute atomic E-state index is 0.125. The quantitative estimate of drug-likeness (QED) is 0.848. The molecule has 4 nitrogen and oxygen atoms in total. The van der Waals surface area contributed by atoms with Gasteiger partial charge < -0.3 is 10.0 Å². The molecule has 1 amide bonds. The molecule has 0 unspecified atom stereocenters. The predicted molar refractivity (Wildman–Crippen MR) is 61.8 cm³/mol. The summed E-state index contributed by atoms with van der Waals surface area (Å²) < 4.78 is 0. The largest absolute Gasteiger partial charge is 0.480 e. The van der Waals surface area contributed by atoms with E-state index in [4.69, 9.17) is 5.11 Å². The molecule has 0 atom stereocenters. The number of benzene rings is 1. The number of rotatable bonds is 2. The number of hydrogen-bond acceptors (Lipinski definition) is 3. The number of fused-ring (bicyclic) bond motifs is 1. The highest BCUT2D eigenvalue weighted by atomic mass is 32.2. The summed E-state index contributed by atoms with van der Waals surface area (Å²) in [4.78, 5) is 24.8. The summed E-state index contributed by atoms with van der Waals surface area (Å²) in [6.45, 7) is -0.267. The van der Waals surface area contributed by atoms with Crippen molar-refractivity contribution in [2.75, 3.05) is 17.2 Å². The van der Waals surface area contributed by atoms with Gasteiger partial charge in [0, 0.05) is 17.1 Å². The molecule has 1 N–H and O–H groups in total. The number of aliphatic carboxylic acids is 1. The van der Waals surface area contributed by atoms with E-state index < -0.39 is 5.97 Å². The number of thioether (sulfide) groups is 1. The van der Waals surface area contributed by atoms with Crippen LogP contribution in [-0.4, -0.2) is 29.3 Å². The van der Waals surface area contributed by atoms with Crippen molar-refractivity contribution in [1.82, 2.24) is 0 Å². The summed E-state index contributed by atoms with van der Waals surface area (Å²) in [7, 11) is 0. The molecule has 0 bridgehead atoms. The molecule has 1 heterocycles. The van der Waals surface area contributed by atoms with Crippen LogP contribution >= 0.6 is 11.8 Å². The predicted octanol–water partition coefficient (Wildman–Crippen LogP) is 1.60. The summed E-state index contributed by atoms with van der Waals surface area (Å²) in [5, 5.41) is 8.80. The highest BCUT2D eigenvalue weighted by Gasteiger charge is 2.23. The van der Waals surface area contributed by atoms with Gasteiger partial charge in [-0.15, -0.1) is 11.8 Å². The molecule has 1 aromatic carbocycles. The minimum Gasteiger partial charge on any atom is -0.480 e. The highest BCUT2D eigenvalue weighted by Crippen LogP contribution is 2.33. The third-order valence-electron chi connectivity index (χ3n) is 2.32. The fourth-order valence-electron chi connectivity index (χ4n) is 1.63. The zero-order valence-corrected chi connectivity index (χ0v) is 9.37. The Kier molecular flexibility index (Phi) is 3.14. The Bertz CT molecular complexity index is 433. The summed E-state index contributed by atoms with van der Waals surface area (Å²) in [6.07, 6.45) is 0.382. The molecule has 16 heavy (non-hydrogen) atoms. The fraction of sp³-hybridized carbons (Fsp3) is 0.273. The Balaban J connectivity index is 2.39. The Morgan fingerprint density at radius 2 is 2.19 bits per heavy atom. The number of carboxylic acids is 1. The van der Waals surface area contributed by atoms with E-state index in [0.717, 1.165) is 4.90 Å². The SMILES string of the molecule is O=C(O)CN1C(=O)CCSc2ccccc21. The normalized spacial score (nSPS) is 15.5. The smallest absolute Gasteiger partial charge is 0.323 e. The maximum atomic E-state index is 11.8. The molecule has 0 aliphatic carbocycles. The van der Waals surface area contributed by atoms with Gasteiger partial charge in [-0.05, 0) is 12.1 Å². The van der Waals surface area contributed by atoms with E-state index >= 15 is 0 Å². The van der Waals surface area contributed by atoms with Crippen LogP contribution in [0.1, 0.15) is 6.42 Å². The van der Waals surface area contributed by atoms with Crippen molar-refractivity contribution < 1.29 is 14.7 Å². The zero-order chi connectivity index (χ0) is 11.5. The average Bonchev–Trinajstić information content (AvgIpc) is 2.40. The van der Waals surface area contributed by atoms with Crippen LogP contribution in [0.2, 0.25) is 0 Å². The van der Waals surface area contributed by atoms with Gasteiger partial charge in [0.25, 0.3) is 0 Å². The van der Waals surface area contributed by atoms with E-state index in [1.54, 1.807) is 17.8 Å². The molecule has 0 radical (unpaired) electrons. The lowest BCUT2D eigenvalue weighted by Crippen LogP contribution is -2.35. The maximum Gasteiger partial charge on any atom is 0.323 e. The molecule has 0 fully saturated rings. The Morgan fingerprint density at radius 3 is 2.94 bits per heavy atom. The number of carboxylic acid groups (broad SMARTS) is 1. The zero-order valence-electron chi connectivity index (χ0n) is 8.55. The minimum atomic E-state index is -0.991. The first-order valence-corrected chi connectivity index (χ1v) is 5.91. The van der Waals surface area contributed by atoms with Crippen LogP contribution in [0, 0.1) is 0 Å². The molecule has 0 saturated carbocycles. The molecule has 0 spiro atoms. The van der Waals surface area contributed by atoms with Crippen molar-refractivity contribution in [3.05, 3.63) is 24.3 Å². The van der Waals surface area contributed by atoms with Crippen LogP contribution in [0.25, 0.3) is 0 Å². The molecule has 1 aliphatic heterocycles. The maximum absolute atomic E-state index is 11.8. The number of amides is 1. The van der Waals surface area contributed by atoms with Gasteiger partial charge in [-0.25, -0.2) is 0 Å². The number of anilines is 1. The summed E-state index contributed by atoms with van der Waals surface area (Å²) in [6, 6.07) is 7.40. The molecular weight excluding hydrogens is 226 g/mol. The molecule has 1 aliphatic rings. The van der Waals surface area contributed by atoms with Crippen LogP contribution in [0.3, 0.4) is 0 Å². The van der Waals surface area contributed by atoms with E-state index in [1.165, 1.54) is 4.90 Å². The summed E-state index contributed by atoms with van der Waals surface area (Å²) in [5.74, 6) is -0.415. The van der Waals surface area contributed by atoms with Crippen molar-refractivity contribution in [3.8, 4) is 0 Å². The summed E-state index contributed by atoms with van der Waals surface area (Å²) >= 11 is 1.59. The Hall–Kier alpha value is -1.49. The number of hydrogen-bond donors (Lipinski definition) is 1. The van der Waals surface area contributed by atoms with Gasteiger partial charge in [0.05, 0.1) is 5.69 Å². The second-order valence-electron chi connectivity index (χ2n) is 3.44. The molecule has 1 aromatic rings. The number of carbonyl (C=O) groups excluding carboxylic acids is 1. The van der Waals surface area contributed by atoms with Crippen LogP contribution in [0.5, 0.6) is 0 Å². The lowest BCUT2D eigenvalue weighted by atomic mass is 10.2. The second kappa shape index (κ2) is 4.57. The molecule has 84 valence electrons. The molecule has 2 rings (SSSR count). The second-order valence-corrected chi connectivity index (χ2v) is 4.58. The van der Waals surface area contributed by atoms with E-state index in [1.807, 2.05) is 18.2 Å². The molecular formula is C11H11NO3S. The average molecular weight is 237 g/mol. The van der Waals surface area contributed by atoms with E-state index in [0.29, 0.717) is 17.9 Å². The monoisotopic (exact) mass is 237 g/mol. The molecule has 5 heteroatoms. The van der Waals surface area contributed by atoms with Crippen molar-refractivity contribution >= 4 is 29.3 Å². The topological polar surface area (TPSA) is 57.6 Å². The standard InChI is InChI=1S/C11H11NO3S/c13-10-5-6-16-9-4-2-1-3-8(9)12(10)7-11(14)15/h1-4H,5-7H2,(H,14,15). The highest BCUT2D eigenvalue weighted by molar-refractivity contribution is 7.99. The Labute approximate surface area is 97.3 Å². The van der Waals surface area contributed by atoms with Crippen molar-refractivity contribution in [2.24, 2.45) is 0 Å². The van der Waals surface area contributed by atoms with Crippen molar-refractivity contribution in [1.29, 1.82) is 0 Å². The fourth-order valence-corrected chi connectivity index (χ4v) is 2.63. The first-order valence-electron chi connectivity index (χ1n) is 4.92. The van der Waals surface area contributed by atoms with Crippen molar-refractivity contribution in [2.45, 2.75) is 11.3 Å². The molecule has 0 saturated heterocycles. The van der Waals surface area contributed by atoms with Crippen LogP contribution in [0.4, 0.5) is 5.69 Å². The van der Waals surface area contributed by atoms with Crippen molar-refractivity contribution in [3.63, 3.8) is 0 Å². The van der Waals surface area contributed by atoms with E-state index in [2.05, 4.69) is 0 Å². The van der Waals surface area contributed by atoms with E-state index in [9.17, 15) is 9.59 Å². The lowest BCUT2D eigenvalue weighted by molar-refractivity contribution is -0.136. The molecule has 0 aromatic heterocycles. The number of carbonyl (C=O) groups is 2. The lowest BCUT2D eigenvalue weighted by Gasteiger charge is -2.20. The summed E-state index contributed by atoms with van der Waals surface area (Å²) in [5.41, 5.74) is 0.706. The third-order valence-corrected chi connectivity index (χ3v) is 3.39. The number of para-hydroxylation sites is 1. The van der Waals surface area contributed by atoms with Gasteiger partial charge in [0.2, 0.25) is 5.91 Å². The van der Waals surface area contributed by atoms with Gasteiger partial charge in [-0.2, -0.15) is 0 Å². The van der Waals surface area contributed by atoms with E-state index in [-0.39, 0.29) is 12.5 Å². The van der Waals surface area contributed by atoms with Crippen LogP contribution in [-0.2, 0) is 9.59 Å². The third kappa shape index (κ3) is 2.19. The van der Waals surface area contributed by atoms with Gasteiger partial charge in [0.1, 0.15) is 6.54 Å². The number of nitrogens with zero attached hydrogens (tertiary/aromatic N) is 1. The Morgan fingerprint density at radius 1 is 1.44 bits per heavy atom. The van der Waals surface area contributed by atoms with Gasteiger partial charge in [-0.3, -0.25) is 9.59 Å². The first kappa shape index (κ1) is 11.0.